The molecule has 0 saturated heterocycles. The minimum Gasteiger partial charge on any atom is -0.497 e. The number of rotatable bonds is 6. The van der Waals surface area contributed by atoms with E-state index in [-0.39, 0.29) is 17.7 Å². The molecule has 0 aliphatic heterocycles. The molecule has 1 saturated carbocycles. The molecule has 0 bridgehead atoms. The van der Waals surface area contributed by atoms with Crippen molar-refractivity contribution in [1.29, 1.82) is 0 Å². The summed E-state index contributed by atoms with van der Waals surface area (Å²) in [5.74, 6) is 0.460. The second-order valence-corrected chi connectivity index (χ2v) is 7.32. The number of nitrogens with one attached hydrogen (secondary N) is 2. The maximum Gasteiger partial charge on any atom is 0.248 e. The van der Waals surface area contributed by atoms with Gasteiger partial charge < -0.3 is 10.1 Å². The first kappa shape index (κ1) is 18.3. The summed E-state index contributed by atoms with van der Waals surface area (Å²) < 4.78 is 5.13. The van der Waals surface area contributed by atoms with Crippen molar-refractivity contribution < 1.29 is 14.3 Å². The number of benzene rings is 1. The quantitative estimate of drug-likeness (QED) is 0.811. The standard InChI is InChI=1S/C18H22N4O3S/c1-11(19-16(24)12-5-3-4-6-12)15(23)20-18-22-21-17(26-18)13-7-9-14(25-2)10-8-13/h7-12H,3-6H2,1-2H3,(H,19,24)(H,20,22,23). The summed E-state index contributed by atoms with van der Waals surface area (Å²) in [5.41, 5.74) is 0.895. The Kier molecular flexibility index (Phi) is 5.82. The number of aromatic nitrogens is 2. The van der Waals surface area contributed by atoms with Crippen LogP contribution in [0.5, 0.6) is 5.75 Å². The zero-order valence-electron chi connectivity index (χ0n) is 14.8. The van der Waals surface area contributed by atoms with Gasteiger partial charge in [-0.05, 0) is 44.0 Å². The summed E-state index contributed by atoms with van der Waals surface area (Å²) in [6.07, 6.45) is 3.97. The number of hydrogen-bond acceptors (Lipinski definition) is 6. The molecule has 0 radical (unpaired) electrons. The Labute approximate surface area is 156 Å². The van der Waals surface area contributed by atoms with Gasteiger partial charge in [0.2, 0.25) is 16.9 Å². The Balaban J connectivity index is 1.57. The van der Waals surface area contributed by atoms with Gasteiger partial charge in [0.1, 0.15) is 16.8 Å². The first-order valence-electron chi connectivity index (χ1n) is 8.66. The molecular formula is C18H22N4O3S. The van der Waals surface area contributed by atoms with Gasteiger partial charge in [0.25, 0.3) is 0 Å². The lowest BCUT2D eigenvalue weighted by molar-refractivity contribution is -0.128. The molecule has 1 aromatic carbocycles. The highest BCUT2D eigenvalue weighted by molar-refractivity contribution is 7.18. The monoisotopic (exact) mass is 374 g/mol. The SMILES string of the molecule is COc1ccc(-c2nnc(NC(=O)C(C)NC(=O)C3CCCC3)s2)cc1. The zero-order chi connectivity index (χ0) is 18.5. The molecule has 1 heterocycles. The first-order chi connectivity index (χ1) is 12.6. The minimum absolute atomic E-state index is 0.0356. The van der Waals surface area contributed by atoms with Crippen LogP contribution >= 0.6 is 11.3 Å². The van der Waals surface area contributed by atoms with Crippen molar-refractivity contribution >= 4 is 28.3 Å². The van der Waals surface area contributed by atoms with Gasteiger partial charge in [-0.25, -0.2) is 0 Å². The second-order valence-electron chi connectivity index (χ2n) is 6.34. The molecule has 0 spiro atoms. The molecule has 1 aliphatic carbocycles. The van der Waals surface area contributed by atoms with E-state index in [1.807, 2.05) is 24.3 Å². The number of ether oxygens (including phenoxy) is 1. The fourth-order valence-corrected chi connectivity index (χ4v) is 3.67. The van der Waals surface area contributed by atoms with Gasteiger partial charge in [0, 0.05) is 11.5 Å². The molecule has 3 rings (SSSR count). The van der Waals surface area contributed by atoms with E-state index in [0.29, 0.717) is 10.1 Å². The van der Waals surface area contributed by atoms with Crippen LogP contribution in [0.25, 0.3) is 10.6 Å². The van der Waals surface area contributed by atoms with Crippen molar-refractivity contribution in [1.82, 2.24) is 15.5 Å². The summed E-state index contributed by atoms with van der Waals surface area (Å²) >= 11 is 1.28. The maximum absolute atomic E-state index is 12.3. The fraction of sp³-hybridized carbons (Fsp3) is 0.444. The van der Waals surface area contributed by atoms with Crippen LogP contribution in [0.1, 0.15) is 32.6 Å². The van der Waals surface area contributed by atoms with E-state index >= 15 is 0 Å². The number of nitrogens with zero attached hydrogens (tertiary/aromatic N) is 2. The topological polar surface area (TPSA) is 93.2 Å². The Morgan fingerprint density at radius 3 is 2.54 bits per heavy atom. The Morgan fingerprint density at radius 1 is 1.19 bits per heavy atom. The van der Waals surface area contributed by atoms with E-state index in [2.05, 4.69) is 20.8 Å². The van der Waals surface area contributed by atoms with Crippen molar-refractivity contribution in [2.45, 2.75) is 38.6 Å². The lowest BCUT2D eigenvalue weighted by Gasteiger charge is -2.15. The molecule has 8 heteroatoms. The van der Waals surface area contributed by atoms with Crippen molar-refractivity contribution in [3.63, 3.8) is 0 Å². The van der Waals surface area contributed by atoms with Crippen LogP contribution in [-0.2, 0) is 9.59 Å². The summed E-state index contributed by atoms with van der Waals surface area (Å²) in [7, 11) is 1.61. The third-order valence-corrected chi connectivity index (χ3v) is 5.36. The van der Waals surface area contributed by atoms with E-state index in [4.69, 9.17) is 4.74 Å². The predicted molar refractivity (Wildman–Crippen MR) is 100 cm³/mol. The molecular weight excluding hydrogens is 352 g/mol. The predicted octanol–water partition coefficient (Wildman–Crippen LogP) is 2.85. The molecule has 1 aromatic heterocycles. The van der Waals surface area contributed by atoms with Gasteiger partial charge in [-0.15, -0.1) is 10.2 Å². The molecule has 1 aliphatic rings. The van der Waals surface area contributed by atoms with Gasteiger partial charge in [0.05, 0.1) is 7.11 Å². The molecule has 1 atom stereocenters. The minimum atomic E-state index is -0.614. The van der Waals surface area contributed by atoms with E-state index in [0.717, 1.165) is 37.0 Å². The third kappa shape index (κ3) is 4.37. The summed E-state index contributed by atoms with van der Waals surface area (Å²) in [5, 5.41) is 14.7. The highest BCUT2D eigenvalue weighted by Crippen LogP contribution is 2.28. The molecule has 1 unspecified atom stereocenters. The molecule has 2 amide bonds. The number of carbonyl (C=O) groups is 2. The van der Waals surface area contributed by atoms with E-state index < -0.39 is 6.04 Å². The van der Waals surface area contributed by atoms with Crippen molar-refractivity contribution in [2.75, 3.05) is 12.4 Å². The Bertz CT molecular complexity index is 769. The van der Waals surface area contributed by atoms with E-state index in [1.165, 1.54) is 11.3 Å². The van der Waals surface area contributed by atoms with Crippen LogP contribution in [0.15, 0.2) is 24.3 Å². The lowest BCUT2D eigenvalue weighted by Crippen LogP contribution is -2.43. The Morgan fingerprint density at radius 2 is 1.88 bits per heavy atom. The van der Waals surface area contributed by atoms with Crippen LogP contribution in [-0.4, -0.2) is 35.2 Å². The first-order valence-corrected chi connectivity index (χ1v) is 9.47. The smallest absolute Gasteiger partial charge is 0.248 e. The summed E-state index contributed by atoms with van der Waals surface area (Å²) in [6, 6.07) is 6.84. The van der Waals surface area contributed by atoms with Crippen molar-refractivity contribution in [3.05, 3.63) is 24.3 Å². The van der Waals surface area contributed by atoms with Crippen LogP contribution in [0.2, 0.25) is 0 Å². The molecule has 2 N–H and O–H groups in total. The summed E-state index contributed by atoms with van der Waals surface area (Å²) in [6.45, 7) is 1.67. The second kappa shape index (κ2) is 8.27. The number of methoxy groups -OCH3 is 1. The largest absolute Gasteiger partial charge is 0.497 e. The maximum atomic E-state index is 12.3. The third-order valence-electron chi connectivity index (χ3n) is 4.47. The number of carbonyl (C=O) groups excluding carboxylic acids is 2. The average Bonchev–Trinajstić information content (AvgIpc) is 3.34. The molecule has 1 fully saturated rings. The van der Waals surface area contributed by atoms with Crippen LogP contribution in [0.3, 0.4) is 0 Å². The number of amides is 2. The fourth-order valence-electron chi connectivity index (χ4n) is 2.92. The lowest BCUT2D eigenvalue weighted by atomic mass is 10.1. The highest BCUT2D eigenvalue weighted by Gasteiger charge is 2.25. The molecule has 2 aromatic rings. The van der Waals surface area contributed by atoms with E-state index in [1.54, 1.807) is 14.0 Å². The Hall–Kier alpha value is -2.48. The molecule has 7 nitrogen and oxygen atoms in total. The van der Waals surface area contributed by atoms with E-state index in [9.17, 15) is 9.59 Å². The van der Waals surface area contributed by atoms with Gasteiger partial charge in [-0.2, -0.15) is 0 Å². The van der Waals surface area contributed by atoms with Crippen LogP contribution in [0.4, 0.5) is 5.13 Å². The zero-order valence-corrected chi connectivity index (χ0v) is 15.6. The van der Waals surface area contributed by atoms with Gasteiger partial charge in [-0.3, -0.25) is 14.9 Å². The van der Waals surface area contributed by atoms with Crippen LogP contribution < -0.4 is 15.4 Å². The number of hydrogen-bond donors (Lipinski definition) is 2. The molecule has 26 heavy (non-hydrogen) atoms. The van der Waals surface area contributed by atoms with Crippen molar-refractivity contribution in [2.24, 2.45) is 5.92 Å². The number of anilines is 1. The molecule has 138 valence electrons. The van der Waals surface area contributed by atoms with Crippen molar-refractivity contribution in [3.8, 4) is 16.3 Å². The summed E-state index contributed by atoms with van der Waals surface area (Å²) in [4.78, 5) is 24.4. The highest BCUT2D eigenvalue weighted by atomic mass is 32.1. The van der Waals surface area contributed by atoms with Gasteiger partial charge in [-0.1, -0.05) is 24.2 Å². The van der Waals surface area contributed by atoms with Gasteiger partial charge >= 0.3 is 0 Å². The van der Waals surface area contributed by atoms with Crippen LogP contribution in [0, 0.1) is 5.92 Å². The average molecular weight is 374 g/mol. The normalized spacial score (nSPS) is 15.5. The van der Waals surface area contributed by atoms with Gasteiger partial charge in [0.15, 0.2) is 0 Å².